The molecule has 0 saturated carbocycles. The molecule has 2 aliphatic rings. The molecule has 1 aromatic rings. The average Bonchev–Trinajstić information content (AvgIpc) is 2.90. The Bertz CT molecular complexity index is 738. The predicted molar refractivity (Wildman–Crippen MR) is 91.2 cm³/mol. The molecule has 24 heavy (non-hydrogen) atoms. The largest absolute Gasteiger partial charge is 0.744 e. The topological polar surface area (TPSA) is 91.3 Å². The lowest BCUT2D eigenvalue weighted by molar-refractivity contribution is -0.934. The maximum Gasteiger partial charge on any atom is 0.156 e. The Kier molecular flexibility index (Phi) is 6.06. The van der Waals surface area contributed by atoms with Gasteiger partial charge in [0, 0.05) is 6.42 Å². The molecule has 8 heteroatoms. The lowest BCUT2D eigenvalue weighted by atomic mass is 10.0. The van der Waals surface area contributed by atoms with Crippen molar-refractivity contribution in [1.29, 1.82) is 0 Å². The lowest BCUT2D eigenvalue weighted by Gasteiger charge is -2.42. The van der Waals surface area contributed by atoms with Crippen LogP contribution in [-0.4, -0.2) is 63.6 Å². The molecule has 1 atom stereocenters. The SMILES string of the molecule is C[N+]1(C2CCS(=O)(=O)C2)CCCCC1.O=S(=O)([O-])c1ccccc1. The van der Waals surface area contributed by atoms with Crippen molar-refractivity contribution in [2.75, 3.05) is 31.6 Å². The van der Waals surface area contributed by atoms with Crippen LogP contribution >= 0.6 is 0 Å². The van der Waals surface area contributed by atoms with Gasteiger partial charge in [-0.15, -0.1) is 0 Å². The van der Waals surface area contributed by atoms with Crippen LogP contribution in [0.3, 0.4) is 0 Å². The smallest absolute Gasteiger partial charge is 0.156 e. The molecular formula is C16H25NO5S2. The Morgan fingerprint density at radius 2 is 1.67 bits per heavy atom. The molecule has 0 bridgehead atoms. The highest BCUT2D eigenvalue weighted by molar-refractivity contribution is 7.91. The van der Waals surface area contributed by atoms with Crippen LogP contribution in [0.1, 0.15) is 25.7 Å². The Labute approximate surface area is 144 Å². The predicted octanol–water partition coefficient (Wildman–Crippen LogP) is 1.39. The van der Waals surface area contributed by atoms with Crippen molar-refractivity contribution < 1.29 is 25.9 Å². The molecule has 2 saturated heterocycles. The van der Waals surface area contributed by atoms with Gasteiger partial charge < -0.3 is 9.04 Å². The quantitative estimate of drug-likeness (QED) is 0.575. The van der Waals surface area contributed by atoms with E-state index in [-0.39, 0.29) is 4.90 Å². The summed E-state index contributed by atoms with van der Waals surface area (Å²) < 4.78 is 54.7. The van der Waals surface area contributed by atoms with Gasteiger partial charge in [-0.25, -0.2) is 16.8 Å². The third-order valence-electron chi connectivity index (χ3n) is 4.96. The third-order valence-corrected chi connectivity index (χ3v) is 7.56. The number of hydrogen-bond acceptors (Lipinski definition) is 5. The summed E-state index contributed by atoms with van der Waals surface area (Å²) in [5, 5.41) is 0. The molecule has 0 amide bonds. The van der Waals surface area contributed by atoms with Crippen molar-refractivity contribution in [3.8, 4) is 0 Å². The van der Waals surface area contributed by atoms with E-state index in [9.17, 15) is 21.4 Å². The van der Waals surface area contributed by atoms with Crippen LogP contribution in [-0.2, 0) is 20.0 Å². The second-order valence-electron chi connectivity index (χ2n) is 6.81. The summed E-state index contributed by atoms with van der Waals surface area (Å²) in [6.07, 6.45) is 4.76. The molecule has 6 nitrogen and oxygen atoms in total. The molecule has 0 spiro atoms. The van der Waals surface area contributed by atoms with Crippen molar-refractivity contribution >= 4 is 20.0 Å². The third kappa shape index (κ3) is 5.27. The van der Waals surface area contributed by atoms with E-state index in [1.807, 2.05) is 0 Å². The maximum atomic E-state index is 11.4. The van der Waals surface area contributed by atoms with E-state index in [2.05, 4.69) is 7.05 Å². The first-order valence-corrected chi connectivity index (χ1v) is 11.4. The van der Waals surface area contributed by atoms with Crippen LogP contribution in [0.15, 0.2) is 35.2 Å². The number of hydrogen-bond donors (Lipinski definition) is 0. The summed E-state index contributed by atoms with van der Waals surface area (Å²) in [6.45, 7) is 2.36. The number of piperidine rings is 1. The molecule has 1 aromatic carbocycles. The first-order chi connectivity index (χ1) is 11.1. The molecule has 2 aliphatic heterocycles. The minimum Gasteiger partial charge on any atom is -0.744 e. The first kappa shape index (κ1) is 19.4. The zero-order valence-corrected chi connectivity index (χ0v) is 15.6. The van der Waals surface area contributed by atoms with Gasteiger partial charge in [0.1, 0.15) is 21.9 Å². The zero-order valence-electron chi connectivity index (χ0n) is 13.9. The number of benzene rings is 1. The fourth-order valence-electron chi connectivity index (χ4n) is 3.45. The second-order valence-corrected chi connectivity index (χ2v) is 10.4. The molecule has 136 valence electrons. The van der Waals surface area contributed by atoms with E-state index >= 15 is 0 Å². The van der Waals surface area contributed by atoms with Crippen molar-refractivity contribution in [2.24, 2.45) is 0 Å². The van der Waals surface area contributed by atoms with Gasteiger partial charge in [-0.3, -0.25) is 0 Å². The van der Waals surface area contributed by atoms with Crippen molar-refractivity contribution in [3.63, 3.8) is 0 Å². The van der Waals surface area contributed by atoms with E-state index < -0.39 is 20.0 Å². The number of nitrogens with zero attached hydrogens (tertiary/aromatic N) is 1. The zero-order chi connectivity index (χ0) is 17.8. The number of rotatable bonds is 2. The van der Waals surface area contributed by atoms with Gasteiger partial charge >= 0.3 is 0 Å². The number of sulfone groups is 1. The molecule has 1 unspecified atom stereocenters. The van der Waals surface area contributed by atoms with Crippen molar-refractivity contribution in [1.82, 2.24) is 0 Å². The highest BCUT2D eigenvalue weighted by Crippen LogP contribution is 2.27. The lowest BCUT2D eigenvalue weighted by Crippen LogP contribution is -2.55. The molecule has 0 aliphatic carbocycles. The summed E-state index contributed by atoms with van der Waals surface area (Å²) in [6, 6.07) is 7.58. The fourth-order valence-corrected chi connectivity index (χ4v) is 5.86. The Hall–Kier alpha value is -0.960. The van der Waals surface area contributed by atoms with Gasteiger partial charge in [0.25, 0.3) is 0 Å². The van der Waals surface area contributed by atoms with Gasteiger partial charge in [0.15, 0.2) is 9.84 Å². The number of likely N-dealkylation sites (tertiary alicyclic amines) is 1. The Morgan fingerprint density at radius 1 is 1.08 bits per heavy atom. The average molecular weight is 376 g/mol. The second kappa shape index (κ2) is 7.51. The van der Waals surface area contributed by atoms with E-state index in [4.69, 9.17) is 0 Å². The van der Waals surface area contributed by atoms with Crippen LogP contribution in [0.2, 0.25) is 0 Å². The van der Waals surface area contributed by atoms with E-state index in [1.165, 1.54) is 56.6 Å². The van der Waals surface area contributed by atoms with Gasteiger partial charge in [0.2, 0.25) is 0 Å². The Morgan fingerprint density at radius 3 is 2.08 bits per heavy atom. The molecule has 0 N–H and O–H groups in total. The molecule has 3 rings (SSSR count). The van der Waals surface area contributed by atoms with Crippen LogP contribution in [0, 0.1) is 0 Å². The molecule has 2 fully saturated rings. The molecule has 2 heterocycles. The van der Waals surface area contributed by atoms with Crippen molar-refractivity contribution in [3.05, 3.63) is 30.3 Å². The van der Waals surface area contributed by atoms with Gasteiger partial charge in [-0.1, -0.05) is 18.2 Å². The van der Waals surface area contributed by atoms with Crippen LogP contribution < -0.4 is 0 Å². The minimum atomic E-state index is -4.25. The highest BCUT2D eigenvalue weighted by atomic mass is 32.2. The van der Waals surface area contributed by atoms with Gasteiger partial charge in [-0.2, -0.15) is 0 Å². The standard InChI is InChI=1S/C10H20NO2S.C6H6O3S/c1-11(6-3-2-4-7-11)10-5-8-14(12,13)9-10;7-10(8,9)6-4-2-1-3-5-6/h10H,2-9H2,1H3;1-5H,(H,7,8,9)/q+1;/p-1. The van der Waals surface area contributed by atoms with Gasteiger partial charge in [0.05, 0.1) is 30.8 Å². The van der Waals surface area contributed by atoms with E-state index in [0.29, 0.717) is 17.5 Å². The summed E-state index contributed by atoms with van der Waals surface area (Å²) in [5.41, 5.74) is 0. The highest BCUT2D eigenvalue weighted by Gasteiger charge is 2.41. The maximum absolute atomic E-state index is 11.4. The Balaban J connectivity index is 0.000000185. The fraction of sp³-hybridized carbons (Fsp3) is 0.625. The normalized spacial score (nSPS) is 25.5. The molecule has 0 aromatic heterocycles. The first-order valence-electron chi connectivity index (χ1n) is 8.18. The molecule has 0 radical (unpaired) electrons. The summed E-state index contributed by atoms with van der Waals surface area (Å²) in [7, 11) is -4.71. The van der Waals surface area contributed by atoms with E-state index in [0.717, 1.165) is 10.9 Å². The summed E-state index contributed by atoms with van der Waals surface area (Å²) >= 11 is 0. The summed E-state index contributed by atoms with van der Waals surface area (Å²) in [4.78, 5) is -0.185. The van der Waals surface area contributed by atoms with Crippen LogP contribution in [0.25, 0.3) is 0 Å². The summed E-state index contributed by atoms with van der Waals surface area (Å²) in [5.74, 6) is 0.856. The van der Waals surface area contributed by atoms with Gasteiger partial charge in [-0.05, 0) is 31.4 Å². The van der Waals surface area contributed by atoms with Crippen LogP contribution in [0.5, 0.6) is 0 Å². The number of quaternary nitrogens is 1. The monoisotopic (exact) mass is 375 g/mol. The minimum absolute atomic E-state index is 0.185. The van der Waals surface area contributed by atoms with E-state index in [1.54, 1.807) is 6.07 Å². The molecular weight excluding hydrogens is 350 g/mol. The van der Waals surface area contributed by atoms with Crippen LogP contribution in [0.4, 0.5) is 0 Å². The van der Waals surface area contributed by atoms with Crippen molar-refractivity contribution in [2.45, 2.75) is 36.6 Å².